The highest BCUT2D eigenvalue weighted by atomic mass is 16.2. The molecule has 0 unspecified atom stereocenters. The van der Waals surface area contributed by atoms with Gasteiger partial charge >= 0.3 is 0 Å². The van der Waals surface area contributed by atoms with Crippen LogP contribution in [0.25, 0.3) is 16.9 Å². The Bertz CT molecular complexity index is 963. The van der Waals surface area contributed by atoms with Crippen LogP contribution in [0.1, 0.15) is 45.6 Å². The Hall–Kier alpha value is -2.93. The highest BCUT2D eigenvalue weighted by Gasteiger charge is 2.14. The monoisotopic (exact) mass is 408 g/mol. The van der Waals surface area contributed by atoms with Crippen LogP contribution in [0.3, 0.4) is 0 Å². The molecule has 1 amide bonds. The van der Waals surface area contributed by atoms with Crippen molar-refractivity contribution in [3.05, 3.63) is 48.2 Å². The van der Waals surface area contributed by atoms with Gasteiger partial charge in [-0.25, -0.2) is 9.50 Å². The summed E-state index contributed by atoms with van der Waals surface area (Å²) in [5, 5.41) is 11.0. The van der Waals surface area contributed by atoms with Crippen LogP contribution in [0.5, 0.6) is 0 Å². The number of hydrogen-bond acceptors (Lipinski definition) is 5. The van der Waals surface area contributed by atoms with Gasteiger partial charge in [-0.05, 0) is 36.5 Å². The second kappa shape index (κ2) is 10.2. The number of imidazole rings is 1. The lowest BCUT2D eigenvalue weighted by Crippen LogP contribution is -2.40. The van der Waals surface area contributed by atoms with Crippen molar-refractivity contribution in [2.75, 3.05) is 11.9 Å². The Morgan fingerprint density at radius 3 is 2.63 bits per heavy atom. The zero-order chi connectivity index (χ0) is 21.5. The summed E-state index contributed by atoms with van der Waals surface area (Å²) >= 11 is 0. The molecule has 7 nitrogen and oxygen atoms in total. The van der Waals surface area contributed by atoms with Crippen molar-refractivity contribution in [1.29, 1.82) is 0 Å². The first-order chi connectivity index (χ1) is 14.5. The molecule has 0 spiro atoms. The van der Waals surface area contributed by atoms with Gasteiger partial charge < -0.3 is 16.4 Å². The average Bonchev–Trinajstić information content (AvgIpc) is 3.15. The number of anilines is 1. The zero-order valence-corrected chi connectivity index (χ0v) is 18.1. The number of aromatic nitrogens is 3. The van der Waals surface area contributed by atoms with Crippen LogP contribution in [0.4, 0.5) is 5.82 Å². The molecule has 3 aromatic rings. The fourth-order valence-electron chi connectivity index (χ4n) is 3.29. The van der Waals surface area contributed by atoms with E-state index in [1.54, 1.807) is 0 Å². The van der Waals surface area contributed by atoms with Gasteiger partial charge in [-0.1, -0.05) is 51.5 Å². The van der Waals surface area contributed by atoms with E-state index < -0.39 is 6.04 Å². The van der Waals surface area contributed by atoms with E-state index in [2.05, 4.69) is 41.5 Å². The standard InChI is InChI=1S/C23H32N6O/c1-4-5-12-25-21-10-11-22-26-15-20(29(22)28-21)18-8-6-17(7-9-18)14-27-23(30)19(24)13-16(2)3/h6-11,15-16,19H,4-5,12-14,24H2,1-3H3,(H,25,28)(H,27,30)/t19-/m0/s1. The molecule has 4 N–H and O–H groups in total. The molecule has 0 saturated heterocycles. The molecule has 160 valence electrons. The van der Waals surface area contributed by atoms with Crippen molar-refractivity contribution in [3.8, 4) is 11.3 Å². The maximum Gasteiger partial charge on any atom is 0.237 e. The fourth-order valence-corrected chi connectivity index (χ4v) is 3.29. The minimum absolute atomic E-state index is 0.109. The van der Waals surface area contributed by atoms with Gasteiger partial charge in [0.1, 0.15) is 5.82 Å². The summed E-state index contributed by atoms with van der Waals surface area (Å²) < 4.78 is 1.86. The fraction of sp³-hybridized carbons (Fsp3) is 0.435. The van der Waals surface area contributed by atoms with E-state index in [4.69, 9.17) is 5.73 Å². The molecule has 0 aliphatic rings. The van der Waals surface area contributed by atoms with E-state index in [0.29, 0.717) is 18.9 Å². The zero-order valence-electron chi connectivity index (χ0n) is 18.1. The van der Waals surface area contributed by atoms with E-state index in [-0.39, 0.29) is 5.91 Å². The second-order valence-electron chi connectivity index (χ2n) is 8.06. The molecule has 7 heteroatoms. The van der Waals surface area contributed by atoms with E-state index in [1.807, 2.05) is 47.1 Å². The largest absolute Gasteiger partial charge is 0.369 e. The predicted octanol–water partition coefficient (Wildman–Crippen LogP) is 3.60. The first-order valence-electron chi connectivity index (χ1n) is 10.7. The molecular weight excluding hydrogens is 376 g/mol. The van der Waals surface area contributed by atoms with Crippen LogP contribution in [0, 0.1) is 5.92 Å². The molecule has 3 rings (SSSR count). The van der Waals surface area contributed by atoms with Crippen molar-refractivity contribution in [1.82, 2.24) is 19.9 Å². The number of nitrogens with zero attached hydrogens (tertiary/aromatic N) is 3. The quantitative estimate of drug-likeness (QED) is 0.445. The molecule has 1 aromatic carbocycles. The Labute approximate surface area is 178 Å². The maximum absolute atomic E-state index is 12.1. The lowest BCUT2D eigenvalue weighted by Gasteiger charge is -2.14. The minimum Gasteiger partial charge on any atom is -0.369 e. The van der Waals surface area contributed by atoms with Crippen LogP contribution in [-0.2, 0) is 11.3 Å². The summed E-state index contributed by atoms with van der Waals surface area (Å²) in [5.74, 6) is 1.13. The molecule has 2 aromatic heterocycles. The molecule has 0 saturated carbocycles. The van der Waals surface area contributed by atoms with Crippen LogP contribution >= 0.6 is 0 Å². The predicted molar refractivity (Wildman–Crippen MR) is 121 cm³/mol. The van der Waals surface area contributed by atoms with Gasteiger partial charge in [-0.15, -0.1) is 5.10 Å². The maximum atomic E-state index is 12.1. The van der Waals surface area contributed by atoms with Crippen LogP contribution < -0.4 is 16.4 Å². The second-order valence-corrected chi connectivity index (χ2v) is 8.06. The number of unbranched alkanes of at least 4 members (excludes halogenated alkanes) is 1. The van der Waals surface area contributed by atoms with E-state index in [1.165, 1.54) is 0 Å². The number of nitrogens with two attached hydrogens (primary N) is 1. The number of benzene rings is 1. The van der Waals surface area contributed by atoms with E-state index in [9.17, 15) is 4.79 Å². The number of carbonyl (C=O) groups is 1. The lowest BCUT2D eigenvalue weighted by molar-refractivity contribution is -0.122. The Morgan fingerprint density at radius 2 is 1.93 bits per heavy atom. The van der Waals surface area contributed by atoms with Gasteiger partial charge in [-0.2, -0.15) is 0 Å². The molecule has 0 fully saturated rings. The highest BCUT2D eigenvalue weighted by Crippen LogP contribution is 2.21. The van der Waals surface area contributed by atoms with Crippen molar-refractivity contribution >= 4 is 17.4 Å². The molecular formula is C23H32N6O. The SMILES string of the molecule is CCCCNc1ccc2ncc(-c3ccc(CNC(=O)[C@@H](N)CC(C)C)cc3)n2n1. The number of fused-ring (bicyclic) bond motifs is 1. The Balaban J connectivity index is 1.67. The van der Waals surface area contributed by atoms with Crippen molar-refractivity contribution in [2.24, 2.45) is 11.7 Å². The number of hydrogen-bond donors (Lipinski definition) is 3. The van der Waals surface area contributed by atoms with E-state index >= 15 is 0 Å². The van der Waals surface area contributed by atoms with Crippen LogP contribution in [0.15, 0.2) is 42.6 Å². The Morgan fingerprint density at radius 1 is 1.17 bits per heavy atom. The summed E-state index contributed by atoms with van der Waals surface area (Å²) in [5.41, 5.74) is 9.72. The highest BCUT2D eigenvalue weighted by molar-refractivity contribution is 5.81. The van der Waals surface area contributed by atoms with Gasteiger partial charge in [0.15, 0.2) is 5.65 Å². The third-order valence-electron chi connectivity index (χ3n) is 4.98. The molecule has 2 heterocycles. The average molecular weight is 409 g/mol. The summed E-state index contributed by atoms with van der Waals surface area (Å²) in [6.07, 6.45) is 4.76. The molecule has 0 bridgehead atoms. The molecule has 30 heavy (non-hydrogen) atoms. The molecule has 1 atom stereocenters. The number of amides is 1. The third-order valence-corrected chi connectivity index (χ3v) is 4.98. The molecule has 0 aliphatic heterocycles. The summed E-state index contributed by atoms with van der Waals surface area (Å²) in [4.78, 5) is 16.6. The topological polar surface area (TPSA) is 97.3 Å². The van der Waals surface area contributed by atoms with Gasteiger partial charge in [0.05, 0.1) is 17.9 Å². The number of rotatable bonds is 10. The van der Waals surface area contributed by atoms with Gasteiger partial charge in [-0.3, -0.25) is 4.79 Å². The minimum atomic E-state index is -0.464. The molecule has 0 radical (unpaired) electrons. The lowest BCUT2D eigenvalue weighted by atomic mass is 10.0. The first-order valence-corrected chi connectivity index (χ1v) is 10.7. The normalized spacial score (nSPS) is 12.3. The summed E-state index contributed by atoms with van der Waals surface area (Å²) in [7, 11) is 0. The number of nitrogens with one attached hydrogen (secondary N) is 2. The Kier molecular flexibility index (Phi) is 7.41. The summed E-state index contributed by atoms with van der Waals surface area (Å²) in [6, 6.07) is 11.5. The van der Waals surface area contributed by atoms with Gasteiger partial charge in [0.25, 0.3) is 0 Å². The molecule has 0 aliphatic carbocycles. The first kappa shape index (κ1) is 21.8. The van der Waals surface area contributed by atoms with Gasteiger partial charge in [0.2, 0.25) is 5.91 Å². The summed E-state index contributed by atoms with van der Waals surface area (Å²) in [6.45, 7) is 7.65. The van der Waals surface area contributed by atoms with Crippen LogP contribution in [0.2, 0.25) is 0 Å². The van der Waals surface area contributed by atoms with Crippen molar-refractivity contribution in [3.63, 3.8) is 0 Å². The smallest absolute Gasteiger partial charge is 0.237 e. The third kappa shape index (κ3) is 5.57. The van der Waals surface area contributed by atoms with E-state index in [0.717, 1.165) is 47.7 Å². The number of carbonyl (C=O) groups excluding carboxylic acids is 1. The van der Waals surface area contributed by atoms with Gasteiger partial charge in [0, 0.05) is 18.7 Å². The van der Waals surface area contributed by atoms with Crippen LogP contribution in [-0.4, -0.2) is 33.1 Å². The van der Waals surface area contributed by atoms with Crippen molar-refractivity contribution in [2.45, 2.75) is 52.6 Å². The van der Waals surface area contributed by atoms with Crippen molar-refractivity contribution < 1.29 is 4.79 Å².